The van der Waals surface area contributed by atoms with Gasteiger partial charge in [0.25, 0.3) is 0 Å². The van der Waals surface area contributed by atoms with Crippen LogP contribution in [-0.2, 0) is 16.0 Å². The van der Waals surface area contributed by atoms with Crippen molar-refractivity contribution in [2.45, 2.75) is 83.9 Å². The molecule has 4 nitrogen and oxygen atoms in total. The topological polar surface area (TPSA) is 59.3 Å². The van der Waals surface area contributed by atoms with E-state index in [2.05, 4.69) is 30.3 Å². The van der Waals surface area contributed by atoms with E-state index in [0.717, 1.165) is 56.1 Å². The number of nitrogens with zero attached hydrogens (tertiary/aromatic N) is 1. The van der Waals surface area contributed by atoms with E-state index < -0.39 is 12.1 Å². The van der Waals surface area contributed by atoms with Crippen LogP contribution in [0.15, 0.2) is 42.5 Å². The van der Waals surface area contributed by atoms with Crippen molar-refractivity contribution >= 4 is 5.97 Å². The number of carbonyl (C=O) groups excluding carboxylic acids is 1. The van der Waals surface area contributed by atoms with Gasteiger partial charge in [0.15, 0.2) is 6.17 Å². The summed E-state index contributed by atoms with van der Waals surface area (Å²) in [5.41, 5.74) is 3.92. The molecular weight excluding hydrogens is 429 g/mol. The van der Waals surface area contributed by atoms with Crippen LogP contribution in [-0.4, -0.2) is 24.9 Å². The molecule has 1 aliphatic rings. The summed E-state index contributed by atoms with van der Waals surface area (Å²) in [4.78, 5) is 11.9. The second-order valence-electron chi connectivity index (χ2n) is 9.18. The Balaban J connectivity index is 1.45. The maximum atomic E-state index is 13.9. The lowest BCUT2D eigenvalue weighted by atomic mass is 9.83. The zero-order chi connectivity index (χ0) is 24.3. The highest BCUT2D eigenvalue weighted by atomic mass is 19.1. The SMILES string of the molecule is CCCC[C@H](F)C(=O)O[C@H]1CC[C@H](CCc2ccc(-c3ccc(OCC)c(C#N)c3)cc2)CC1. The number of halogens is 1. The molecule has 0 aromatic heterocycles. The van der Waals surface area contributed by atoms with Gasteiger partial charge in [-0.15, -0.1) is 0 Å². The van der Waals surface area contributed by atoms with E-state index in [1.807, 2.05) is 32.0 Å². The molecule has 0 bridgehead atoms. The van der Waals surface area contributed by atoms with Crippen LogP contribution >= 0.6 is 0 Å². The van der Waals surface area contributed by atoms with Gasteiger partial charge in [-0.2, -0.15) is 5.26 Å². The number of ether oxygens (including phenoxy) is 2. The second-order valence-corrected chi connectivity index (χ2v) is 9.18. The Bertz CT molecular complexity index is 958. The summed E-state index contributed by atoms with van der Waals surface area (Å²) in [6.45, 7) is 4.43. The van der Waals surface area contributed by atoms with Gasteiger partial charge < -0.3 is 9.47 Å². The molecule has 182 valence electrons. The van der Waals surface area contributed by atoms with Crippen molar-refractivity contribution in [3.05, 3.63) is 53.6 Å². The lowest BCUT2D eigenvalue weighted by Crippen LogP contribution is -2.29. The third-order valence-electron chi connectivity index (χ3n) is 6.67. The second kappa shape index (κ2) is 13.1. The van der Waals surface area contributed by atoms with Crippen LogP contribution in [0.5, 0.6) is 5.75 Å². The average molecular weight is 466 g/mol. The quantitative estimate of drug-likeness (QED) is 0.330. The Morgan fingerprint density at radius 2 is 1.79 bits per heavy atom. The van der Waals surface area contributed by atoms with Crippen molar-refractivity contribution in [1.82, 2.24) is 0 Å². The Kier molecular flexibility index (Phi) is 9.94. The number of carbonyl (C=O) groups is 1. The first kappa shape index (κ1) is 25.7. The van der Waals surface area contributed by atoms with E-state index >= 15 is 0 Å². The van der Waals surface area contributed by atoms with Gasteiger partial charge in [-0.05, 0) is 86.6 Å². The number of alkyl halides is 1. The standard InChI is InChI=1S/C29H36FNO3/c1-3-5-6-27(30)29(32)34-26-16-11-22(12-17-26)8-7-21-9-13-23(14-10-21)24-15-18-28(33-4-2)25(19-24)20-31/h9-10,13-15,18-19,22,26-27H,3-8,11-12,16-17H2,1-2H3/t22-,26-,27-/m0/s1. The average Bonchev–Trinajstić information content (AvgIpc) is 2.87. The number of hydrogen-bond acceptors (Lipinski definition) is 4. The van der Waals surface area contributed by atoms with Crippen LogP contribution in [0.2, 0.25) is 0 Å². The fourth-order valence-electron chi connectivity index (χ4n) is 4.59. The van der Waals surface area contributed by atoms with Crippen LogP contribution in [0.1, 0.15) is 76.3 Å². The number of aryl methyl sites for hydroxylation is 1. The van der Waals surface area contributed by atoms with E-state index in [1.165, 1.54) is 5.56 Å². The van der Waals surface area contributed by atoms with Gasteiger partial charge in [0, 0.05) is 0 Å². The lowest BCUT2D eigenvalue weighted by molar-refractivity contribution is -0.157. The summed E-state index contributed by atoms with van der Waals surface area (Å²) in [5.74, 6) is 0.558. The van der Waals surface area contributed by atoms with E-state index in [4.69, 9.17) is 9.47 Å². The van der Waals surface area contributed by atoms with Crippen LogP contribution in [0.4, 0.5) is 4.39 Å². The molecule has 2 aromatic rings. The number of hydrogen-bond donors (Lipinski definition) is 0. The van der Waals surface area contributed by atoms with Crippen LogP contribution < -0.4 is 4.74 Å². The summed E-state index contributed by atoms with van der Waals surface area (Å²) >= 11 is 0. The minimum absolute atomic E-state index is 0.129. The first-order valence-electron chi connectivity index (χ1n) is 12.6. The van der Waals surface area contributed by atoms with Crippen LogP contribution in [0, 0.1) is 17.2 Å². The Hall–Kier alpha value is -2.87. The molecule has 0 saturated heterocycles. The highest BCUT2D eigenvalue weighted by Gasteiger charge is 2.27. The van der Waals surface area contributed by atoms with Gasteiger partial charge in [0.05, 0.1) is 12.2 Å². The van der Waals surface area contributed by atoms with Crippen molar-refractivity contribution in [3.63, 3.8) is 0 Å². The third kappa shape index (κ3) is 7.32. The fraction of sp³-hybridized carbons (Fsp3) is 0.517. The van der Waals surface area contributed by atoms with Gasteiger partial charge in [0.2, 0.25) is 0 Å². The van der Waals surface area contributed by atoms with Gasteiger partial charge in [-0.1, -0.05) is 50.1 Å². The van der Waals surface area contributed by atoms with Gasteiger partial charge >= 0.3 is 5.97 Å². The summed E-state index contributed by atoms with van der Waals surface area (Å²) in [7, 11) is 0. The predicted octanol–water partition coefficient (Wildman–Crippen LogP) is 7.19. The monoisotopic (exact) mass is 465 g/mol. The molecule has 0 aliphatic heterocycles. The lowest BCUT2D eigenvalue weighted by Gasteiger charge is -2.28. The zero-order valence-electron chi connectivity index (χ0n) is 20.4. The molecule has 3 rings (SSSR count). The zero-order valence-corrected chi connectivity index (χ0v) is 20.4. The van der Waals surface area contributed by atoms with Crippen molar-refractivity contribution in [2.24, 2.45) is 5.92 Å². The van der Waals surface area contributed by atoms with E-state index in [0.29, 0.717) is 30.3 Å². The van der Waals surface area contributed by atoms with E-state index in [1.54, 1.807) is 0 Å². The first-order chi connectivity index (χ1) is 16.5. The van der Waals surface area contributed by atoms with Crippen molar-refractivity contribution in [1.29, 1.82) is 5.26 Å². The summed E-state index contributed by atoms with van der Waals surface area (Å²) in [5, 5.41) is 9.40. The summed E-state index contributed by atoms with van der Waals surface area (Å²) in [6.07, 6.45) is 6.05. The summed E-state index contributed by atoms with van der Waals surface area (Å²) < 4.78 is 24.8. The molecule has 0 spiro atoms. The molecule has 34 heavy (non-hydrogen) atoms. The molecule has 1 fully saturated rings. The molecule has 1 saturated carbocycles. The number of nitriles is 1. The smallest absolute Gasteiger partial charge is 0.340 e. The molecule has 0 amide bonds. The highest BCUT2D eigenvalue weighted by Crippen LogP contribution is 2.31. The maximum Gasteiger partial charge on any atom is 0.340 e. The first-order valence-corrected chi connectivity index (χ1v) is 12.6. The Morgan fingerprint density at radius 3 is 2.44 bits per heavy atom. The molecule has 0 N–H and O–H groups in total. The summed E-state index contributed by atoms with van der Waals surface area (Å²) in [6, 6.07) is 16.5. The maximum absolute atomic E-state index is 13.9. The number of benzene rings is 2. The van der Waals surface area contributed by atoms with E-state index in [9.17, 15) is 14.4 Å². The third-order valence-corrected chi connectivity index (χ3v) is 6.67. The predicted molar refractivity (Wildman–Crippen MR) is 132 cm³/mol. The molecule has 1 atom stereocenters. The van der Waals surface area contributed by atoms with Crippen molar-refractivity contribution in [3.8, 4) is 22.9 Å². The Morgan fingerprint density at radius 1 is 1.09 bits per heavy atom. The molecule has 5 heteroatoms. The minimum Gasteiger partial charge on any atom is -0.492 e. The number of esters is 1. The fourth-order valence-corrected chi connectivity index (χ4v) is 4.59. The molecule has 1 aliphatic carbocycles. The largest absolute Gasteiger partial charge is 0.492 e. The van der Waals surface area contributed by atoms with E-state index in [-0.39, 0.29) is 12.5 Å². The van der Waals surface area contributed by atoms with Gasteiger partial charge in [-0.3, -0.25) is 0 Å². The van der Waals surface area contributed by atoms with Gasteiger partial charge in [-0.25, -0.2) is 9.18 Å². The van der Waals surface area contributed by atoms with Crippen molar-refractivity contribution < 1.29 is 18.7 Å². The van der Waals surface area contributed by atoms with Crippen LogP contribution in [0.3, 0.4) is 0 Å². The van der Waals surface area contributed by atoms with Crippen molar-refractivity contribution in [2.75, 3.05) is 6.61 Å². The molecule has 0 radical (unpaired) electrons. The molecule has 0 heterocycles. The van der Waals surface area contributed by atoms with Crippen LogP contribution in [0.25, 0.3) is 11.1 Å². The van der Waals surface area contributed by atoms with Gasteiger partial charge in [0.1, 0.15) is 17.9 Å². The Labute approximate surface area is 203 Å². The number of unbranched alkanes of at least 4 members (excludes halogenated alkanes) is 1. The molecule has 0 unspecified atom stereocenters. The normalized spacial score (nSPS) is 18.6. The minimum atomic E-state index is -1.48. The number of rotatable bonds is 11. The molecular formula is C29H36FNO3. The highest BCUT2D eigenvalue weighted by molar-refractivity contribution is 5.74. The molecule has 2 aromatic carbocycles.